The highest BCUT2D eigenvalue weighted by atomic mass is 79.9. The van der Waals surface area contributed by atoms with Crippen molar-refractivity contribution >= 4 is 56.4 Å². The Balaban J connectivity index is 2.28. The van der Waals surface area contributed by atoms with E-state index in [0.717, 1.165) is 4.47 Å². The minimum absolute atomic E-state index is 0.308. The standard InChI is InChI=1S/C13H9BrCl2N2O/c14-8-3-7(4-10(17)5-8)13(19)18-12-6-9(15)1-2-11(12)16/h1-6H,17H2,(H,18,19). The Morgan fingerprint density at radius 1 is 1.16 bits per heavy atom. The molecule has 0 atom stereocenters. The lowest BCUT2D eigenvalue weighted by Crippen LogP contribution is -2.12. The third kappa shape index (κ3) is 3.62. The first kappa shape index (κ1) is 14.2. The van der Waals surface area contributed by atoms with Crippen molar-refractivity contribution in [1.29, 1.82) is 0 Å². The van der Waals surface area contributed by atoms with E-state index < -0.39 is 0 Å². The van der Waals surface area contributed by atoms with Crippen LogP contribution in [0.4, 0.5) is 11.4 Å². The molecule has 98 valence electrons. The van der Waals surface area contributed by atoms with Crippen molar-refractivity contribution < 1.29 is 4.79 Å². The van der Waals surface area contributed by atoms with Gasteiger partial charge in [-0.1, -0.05) is 39.1 Å². The first-order valence-corrected chi connectivity index (χ1v) is 6.83. The van der Waals surface area contributed by atoms with Gasteiger partial charge in [-0.3, -0.25) is 4.79 Å². The Morgan fingerprint density at radius 2 is 1.89 bits per heavy atom. The second-order valence-corrected chi connectivity index (χ2v) is 5.61. The largest absolute Gasteiger partial charge is 0.399 e. The van der Waals surface area contributed by atoms with Crippen LogP contribution in [0.15, 0.2) is 40.9 Å². The molecule has 0 aliphatic rings. The van der Waals surface area contributed by atoms with Gasteiger partial charge in [0, 0.05) is 20.7 Å². The Bertz CT molecular complexity index is 626. The topological polar surface area (TPSA) is 55.1 Å². The minimum atomic E-state index is -0.308. The summed E-state index contributed by atoms with van der Waals surface area (Å²) in [5, 5.41) is 3.60. The molecule has 1 amide bonds. The van der Waals surface area contributed by atoms with Crippen LogP contribution in [0, 0.1) is 0 Å². The number of hydrogen-bond donors (Lipinski definition) is 2. The number of anilines is 2. The fourth-order valence-corrected chi connectivity index (χ4v) is 2.38. The molecule has 0 aliphatic heterocycles. The summed E-state index contributed by atoms with van der Waals surface area (Å²) in [5.74, 6) is -0.308. The molecule has 2 rings (SSSR count). The fraction of sp³-hybridized carbons (Fsp3) is 0. The molecule has 0 saturated heterocycles. The monoisotopic (exact) mass is 358 g/mol. The lowest BCUT2D eigenvalue weighted by molar-refractivity contribution is 0.102. The third-order valence-corrected chi connectivity index (χ3v) is 3.38. The van der Waals surface area contributed by atoms with E-state index in [2.05, 4.69) is 21.2 Å². The molecule has 6 heteroatoms. The van der Waals surface area contributed by atoms with Crippen LogP contribution in [0.2, 0.25) is 10.0 Å². The highest BCUT2D eigenvalue weighted by Crippen LogP contribution is 2.26. The third-order valence-electron chi connectivity index (χ3n) is 2.36. The maximum absolute atomic E-state index is 12.1. The molecule has 0 unspecified atom stereocenters. The minimum Gasteiger partial charge on any atom is -0.399 e. The van der Waals surface area contributed by atoms with Crippen molar-refractivity contribution in [2.75, 3.05) is 11.1 Å². The number of rotatable bonds is 2. The van der Waals surface area contributed by atoms with Gasteiger partial charge >= 0.3 is 0 Å². The molecule has 2 aromatic rings. The number of carbonyl (C=O) groups is 1. The highest BCUT2D eigenvalue weighted by molar-refractivity contribution is 9.10. The van der Waals surface area contributed by atoms with Gasteiger partial charge in [-0.25, -0.2) is 0 Å². The van der Waals surface area contributed by atoms with Crippen LogP contribution in [0.25, 0.3) is 0 Å². The maximum Gasteiger partial charge on any atom is 0.255 e. The van der Waals surface area contributed by atoms with E-state index in [1.807, 2.05) is 0 Å². The molecule has 2 aromatic carbocycles. The number of nitrogen functional groups attached to an aromatic ring is 1. The van der Waals surface area contributed by atoms with Crippen LogP contribution in [0.1, 0.15) is 10.4 Å². The van der Waals surface area contributed by atoms with Gasteiger partial charge in [0.15, 0.2) is 0 Å². The van der Waals surface area contributed by atoms with Gasteiger partial charge < -0.3 is 11.1 Å². The summed E-state index contributed by atoms with van der Waals surface area (Å²) in [4.78, 5) is 12.1. The van der Waals surface area contributed by atoms with E-state index in [4.69, 9.17) is 28.9 Å². The van der Waals surface area contributed by atoms with Gasteiger partial charge in [0.2, 0.25) is 0 Å². The Morgan fingerprint density at radius 3 is 2.58 bits per heavy atom. The SMILES string of the molecule is Nc1cc(Br)cc(C(=O)Nc2cc(Cl)ccc2Cl)c1. The van der Waals surface area contributed by atoms with E-state index in [0.29, 0.717) is 27.0 Å². The first-order valence-electron chi connectivity index (χ1n) is 5.28. The zero-order chi connectivity index (χ0) is 14.0. The van der Waals surface area contributed by atoms with E-state index in [9.17, 15) is 4.79 Å². The summed E-state index contributed by atoms with van der Waals surface area (Å²) in [6.07, 6.45) is 0. The quantitative estimate of drug-likeness (QED) is 0.770. The Kier molecular flexibility index (Phi) is 4.34. The molecule has 0 heterocycles. The lowest BCUT2D eigenvalue weighted by atomic mass is 10.2. The highest BCUT2D eigenvalue weighted by Gasteiger charge is 2.10. The smallest absolute Gasteiger partial charge is 0.255 e. The van der Waals surface area contributed by atoms with E-state index >= 15 is 0 Å². The van der Waals surface area contributed by atoms with Crippen molar-refractivity contribution in [3.63, 3.8) is 0 Å². The zero-order valence-electron chi connectivity index (χ0n) is 9.58. The predicted octanol–water partition coefficient (Wildman–Crippen LogP) is 4.59. The van der Waals surface area contributed by atoms with Crippen LogP contribution < -0.4 is 11.1 Å². The summed E-state index contributed by atoms with van der Waals surface area (Å²) in [7, 11) is 0. The molecular weight excluding hydrogens is 351 g/mol. The van der Waals surface area contributed by atoms with E-state index in [1.165, 1.54) is 0 Å². The normalized spacial score (nSPS) is 10.3. The van der Waals surface area contributed by atoms with Crippen LogP contribution in [-0.2, 0) is 0 Å². The summed E-state index contributed by atoms with van der Waals surface area (Å²) in [6.45, 7) is 0. The van der Waals surface area contributed by atoms with Crippen molar-refractivity contribution in [1.82, 2.24) is 0 Å². The summed E-state index contributed by atoms with van der Waals surface area (Å²) in [6, 6.07) is 9.82. The average Bonchev–Trinajstić information content (AvgIpc) is 2.32. The van der Waals surface area contributed by atoms with Gasteiger partial charge in [-0.2, -0.15) is 0 Å². The van der Waals surface area contributed by atoms with Crippen LogP contribution in [0.5, 0.6) is 0 Å². The molecule has 0 fully saturated rings. The zero-order valence-corrected chi connectivity index (χ0v) is 12.7. The van der Waals surface area contributed by atoms with Crippen molar-refractivity contribution in [3.8, 4) is 0 Å². The number of nitrogens with one attached hydrogen (secondary N) is 1. The summed E-state index contributed by atoms with van der Waals surface area (Å²) >= 11 is 15.1. The van der Waals surface area contributed by atoms with E-state index in [-0.39, 0.29) is 5.91 Å². The number of nitrogens with two attached hydrogens (primary N) is 1. The van der Waals surface area contributed by atoms with Crippen molar-refractivity contribution in [2.45, 2.75) is 0 Å². The summed E-state index contributed by atoms with van der Waals surface area (Å²) < 4.78 is 0.731. The van der Waals surface area contributed by atoms with Gasteiger partial charge in [0.25, 0.3) is 5.91 Å². The number of halogens is 3. The fourth-order valence-electron chi connectivity index (χ4n) is 1.53. The number of hydrogen-bond acceptors (Lipinski definition) is 2. The predicted molar refractivity (Wildman–Crippen MR) is 83.0 cm³/mol. The average molecular weight is 360 g/mol. The Labute approximate surface area is 128 Å². The number of amides is 1. The Hall–Kier alpha value is -1.23. The van der Waals surface area contributed by atoms with Crippen molar-refractivity contribution in [3.05, 3.63) is 56.5 Å². The number of benzene rings is 2. The summed E-state index contributed by atoms with van der Waals surface area (Å²) in [5.41, 5.74) is 7.07. The second-order valence-electron chi connectivity index (χ2n) is 3.85. The second kappa shape index (κ2) is 5.82. The molecule has 0 aliphatic carbocycles. The van der Waals surface area contributed by atoms with Gasteiger partial charge in [-0.05, 0) is 36.4 Å². The molecule has 19 heavy (non-hydrogen) atoms. The molecule has 0 aromatic heterocycles. The van der Waals surface area contributed by atoms with Gasteiger partial charge in [0.1, 0.15) is 0 Å². The van der Waals surface area contributed by atoms with Gasteiger partial charge in [-0.15, -0.1) is 0 Å². The maximum atomic E-state index is 12.1. The molecular formula is C13H9BrCl2N2O. The molecule has 0 radical (unpaired) electrons. The van der Waals surface area contributed by atoms with Crippen LogP contribution in [0.3, 0.4) is 0 Å². The molecule has 3 N–H and O–H groups in total. The van der Waals surface area contributed by atoms with Crippen molar-refractivity contribution in [2.24, 2.45) is 0 Å². The van der Waals surface area contributed by atoms with Gasteiger partial charge in [0.05, 0.1) is 10.7 Å². The molecule has 0 bridgehead atoms. The van der Waals surface area contributed by atoms with E-state index in [1.54, 1.807) is 36.4 Å². The molecule has 0 saturated carbocycles. The lowest BCUT2D eigenvalue weighted by Gasteiger charge is -2.08. The van der Waals surface area contributed by atoms with Crippen LogP contribution in [-0.4, -0.2) is 5.91 Å². The van der Waals surface area contributed by atoms with Crippen LogP contribution >= 0.6 is 39.1 Å². The molecule has 0 spiro atoms. The molecule has 3 nitrogen and oxygen atoms in total. The first-order chi connectivity index (χ1) is 8.95. The number of carbonyl (C=O) groups excluding carboxylic acids is 1.